The SMILES string of the molecule is CN(CCCC#N)c1ccccc1C#N. The van der Waals surface area contributed by atoms with E-state index in [0.717, 1.165) is 18.7 Å². The predicted molar refractivity (Wildman–Crippen MR) is 59.3 cm³/mol. The summed E-state index contributed by atoms with van der Waals surface area (Å²) in [6, 6.07) is 11.8. The second kappa shape index (κ2) is 5.67. The summed E-state index contributed by atoms with van der Waals surface area (Å²) in [6.07, 6.45) is 1.38. The van der Waals surface area contributed by atoms with Gasteiger partial charge in [-0.05, 0) is 18.6 Å². The van der Waals surface area contributed by atoms with Gasteiger partial charge in [-0.1, -0.05) is 12.1 Å². The molecular formula is C12H13N3. The van der Waals surface area contributed by atoms with E-state index >= 15 is 0 Å². The molecule has 0 N–H and O–H groups in total. The minimum Gasteiger partial charge on any atom is -0.373 e. The summed E-state index contributed by atoms with van der Waals surface area (Å²) in [5.41, 5.74) is 1.61. The van der Waals surface area contributed by atoms with E-state index in [1.807, 2.05) is 30.1 Å². The van der Waals surface area contributed by atoms with E-state index in [-0.39, 0.29) is 0 Å². The molecule has 0 saturated heterocycles. The lowest BCUT2D eigenvalue weighted by Crippen LogP contribution is -2.19. The Balaban J connectivity index is 2.70. The van der Waals surface area contributed by atoms with Gasteiger partial charge in [0.05, 0.1) is 17.3 Å². The Morgan fingerprint density at radius 3 is 2.67 bits per heavy atom. The molecule has 3 nitrogen and oxygen atoms in total. The van der Waals surface area contributed by atoms with Gasteiger partial charge >= 0.3 is 0 Å². The van der Waals surface area contributed by atoms with Gasteiger partial charge in [-0.2, -0.15) is 10.5 Å². The van der Waals surface area contributed by atoms with E-state index in [2.05, 4.69) is 12.1 Å². The van der Waals surface area contributed by atoms with E-state index in [1.54, 1.807) is 6.07 Å². The molecule has 0 amide bonds. The number of nitrogens with zero attached hydrogens (tertiary/aromatic N) is 3. The fraction of sp³-hybridized carbons (Fsp3) is 0.333. The lowest BCUT2D eigenvalue weighted by molar-refractivity contribution is 0.806. The smallest absolute Gasteiger partial charge is 0.101 e. The Bertz CT molecular complexity index is 398. The standard InChI is InChI=1S/C12H13N3/c1-15(9-5-4-8-13)12-7-3-2-6-11(12)10-14/h2-3,6-7H,4-5,9H2,1H3. The zero-order valence-corrected chi connectivity index (χ0v) is 8.77. The molecule has 1 aromatic rings. The molecule has 0 aromatic heterocycles. The highest BCUT2D eigenvalue weighted by atomic mass is 15.1. The second-order valence-corrected chi connectivity index (χ2v) is 3.31. The van der Waals surface area contributed by atoms with Gasteiger partial charge in [-0.25, -0.2) is 0 Å². The Morgan fingerprint density at radius 1 is 1.27 bits per heavy atom. The summed E-state index contributed by atoms with van der Waals surface area (Å²) in [4.78, 5) is 2.01. The Hall–Kier alpha value is -2.00. The molecule has 0 unspecified atom stereocenters. The van der Waals surface area contributed by atoms with Gasteiger partial charge in [0.2, 0.25) is 0 Å². The number of nitriles is 2. The predicted octanol–water partition coefficient (Wildman–Crippen LogP) is 2.30. The molecule has 0 aliphatic carbocycles. The van der Waals surface area contributed by atoms with Crippen LogP contribution >= 0.6 is 0 Å². The van der Waals surface area contributed by atoms with Gasteiger partial charge < -0.3 is 4.90 Å². The topological polar surface area (TPSA) is 50.8 Å². The molecule has 0 spiro atoms. The number of para-hydroxylation sites is 1. The zero-order chi connectivity index (χ0) is 11.1. The quantitative estimate of drug-likeness (QED) is 0.699. The maximum absolute atomic E-state index is 8.91. The number of hydrogen-bond acceptors (Lipinski definition) is 3. The molecule has 76 valence electrons. The number of benzene rings is 1. The lowest BCUT2D eigenvalue weighted by Gasteiger charge is -2.19. The largest absolute Gasteiger partial charge is 0.373 e. The van der Waals surface area contributed by atoms with Crippen LogP contribution in [0.15, 0.2) is 24.3 Å². The van der Waals surface area contributed by atoms with Gasteiger partial charge in [-0.3, -0.25) is 0 Å². The summed E-state index contributed by atoms with van der Waals surface area (Å²) >= 11 is 0. The highest BCUT2D eigenvalue weighted by Crippen LogP contribution is 2.18. The van der Waals surface area contributed by atoms with Crippen LogP contribution in [0.1, 0.15) is 18.4 Å². The molecule has 0 aliphatic heterocycles. The van der Waals surface area contributed by atoms with Crippen molar-refractivity contribution < 1.29 is 0 Å². The minimum atomic E-state index is 0.555. The van der Waals surface area contributed by atoms with Crippen LogP contribution in [0.2, 0.25) is 0 Å². The average Bonchev–Trinajstić information content (AvgIpc) is 2.29. The molecule has 0 saturated carbocycles. The normalized spacial score (nSPS) is 9.00. The molecular weight excluding hydrogens is 186 g/mol. The fourth-order valence-electron chi connectivity index (χ4n) is 1.42. The summed E-state index contributed by atoms with van der Waals surface area (Å²) < 4.78 is 0. The summed E-state index contributed by atoms with van der Waals surface area (Å²) in [7, 11) is 1.94. The minimum absolute atomic E-state index is 0.555. The first-order valence-corrected chi connectivity index (χ1v) is 4.87. The van der Waals surface area contributed by atoms with Crippen molar-refractivity contribution in [3.05, 3.63) is 29.8 Å². The van der Waals surface area contributed by atoms with Crippen molar-refractivity contribution in [2.45, 2.75) is 12.8 Å². The number of unbranched alkanes of at least 4 members (excludes halogenated alkanes) is 1. The molecule has 0 heterocycles. The highest BCUT2D eigenvalue weighted by molar-refractivity contribution is 5.58. The number of anilines is 1. The number of hydrogen-bond donors (Lipinski definition) is 0. The molecule has 0 bridgehead atoms. The van der Waals surface area contributed by atoms with E-state index in [9.17, 15) is 0 Å². The van der Waals surface area contributed by atoms with Crippen LogP contribution in [0, 0.1) is 22.7 Å². The van der Waals surface area contributed by atoms with Crippen molar-refractivity contribution in [2.75, 3.05) is 18.5 Å². The van der Waals surface area contributed by atoms with Crippen LogP contribution < -0.4 is 4.90 Å². The van der Waals surface area contributed by atoms with Crippen LogP contribution in [0.4, 0.5) is 5.69 Å². The zero-order valence-electron chi connectivity index (χ0n) is 8.77. The van der Waals surface area contributed by atoms with E-state index < -0.39 is 0 Å². The summed E-state index contributed by atoms with van der Waals surface area (Å²) in [6.45, 7) is 0.798. The van der Waals surface area contributed by atoms with E-state index in [4.69, 9.17) is 10.5 Å². The molecule has 0 radical (unpaired) electrons. The summed E-state index contributed by atoms with van der Waals surface area (Å²) in [5, 5.41) is 17.3. The first kappa shape index (κ1) is 11.1. The average molecular weight is 199 g/mol. The maximum Gasteiger partial charge on any atom is 0.101 e. The molecule has 0 atom stereocenters. The van der Waals surface area contributed by atoms with Crippen LogP contribution in [0.5, 0.6) is 0 Å². The molecule has 1 rings (SSSR count). The van der Waals surface area contributed by atoms with Crippen LogP contribution in [-0.4, -0.2) is 13.6 Å². The molecule has 1 aromatic carbocycles. The van der Waals surface area contributed by atoms with Crippen molar-refractivity contribution in [3.8, 4) is 12.1 Å². The van der Waals surface area contributed by atoms with Crippen molar-refractivity contribution in [2.24, 2.45) is 0 Å². The Morgan fingerprint density at radius 2 is 2.00 bits per heavy atom. The van der Waals surface area contributed by atoms with Gasteiger partial charge in [0.15, 0.2) is 0 Å². The van der Waals surface area contributed by atoms with Crippen LogP contribution in [0.25, 0.3) is 0 Å². The Labute approximate surface area is 90.2 Å². The monoisotopic (exact) mass is 199 g/mol. The van der Waals surface area contributed by atoms with Gasteiger partial charge in [0, 0.05) is 20.0 Å². The van der Waals surface area contributed by atoms with Gasteiger partial charge in [0.25, 0.3) is 0 Å². The molecule has 0 aliphatic rings. The van der Waals surface area contributed by atoms with Crippen LogP contribution in [-0.2, 0) is 0 Å². The third-order valence-electron chi connectivity index (χ3n) is 2.22. The van der Waals surface area contributed by atoms with Crippen molar-refractivity contribution >= 4 is 5.69 Å². The Kier molecular flexibility index (Phi) is 4.19. The van der Waals surface area contributed by atoms with Crippen molar-refractivity contribution in [3.63, 3.8) is 0 Å². The molecule has 3 heteroatoms. The van der Waals surface area contributed by atoms with Crippen molar-refractivity contribution in [1.29, 1.82) is 10.5 Å². The second-order valence-electron chi connectivity index (χ2n) is 3.31. The highest BCUT2D eigenvalue weighted by Gasteiger charge is 2.05. The molecule has 0 fully saturated rings. The van der Waals surface area contributed by atoms with E-state index in [0.29, 0.717) is 12.0 Å². The first-order chi connectivity index (χ1) is 7.29. The fourth-order valence-corrected chi connectivity index (χ4v) is 1.42. The third kappa shape index (κ3) is 3.00. The van der Waals surface area contributed by atoms with E-state index in [1.165, 1.54) is 0 Å². The lowest BCUT2D eigenvalue weighted by atomic mass is 10.1. The van der Waals surface area contributed by atoms with Crippen LogP contribution in [0.3, 0.4) is 0 Å². The van der Waals surface area contributed by atoms with Crippen molar-refractivity contribution in [1.82, 2.24) is 0 Å². The summed E-state index contributed by atoms with van der Waals surface area (Å²) in [5.74, 6) is 0. The maximum atomic E-state index is 8.91. The number of rotatable bonds is 4. The van der Waals surface area contributed by atoms with Gasteiger partial charge in [0.1, 0.15) is 6.07 Å². The molecule has 15 heavy (non-hydrogen) atoms. The first-order valence-electron chi connectivity index (χ1n) is 4.87. The van der Waals surface area contributed by atoms with Gasteiger partial charge in [-0.15, -0.1) is 0 Å². The third-order valence-corrected chi connectivity index (χ3v) is 2.22.